The number of nitrogens with zero attached hydrogens (tertiary/aromatic N) is 3. The fraction of sp³-hybridized carbons (Fsp3) is 0.250. The second kappa shape index (κ2) is 10.2. The Kier molecular flexibility index (Phi) is 7.71. The van der Waals surface area contributed by atoms with Crippen molar-refractivity contribution in [2.24, 2.45) is 0 Å². The van der Waals surface area contributed by atoms with Gasteiger partial charge in [-0.05, 0) is 55.0 Å². The topological polar surface area (TPSA) is 69.0 Å². The van der Waals surface area contributed by atoms with Crippen molar-refractivity contribution in [2.75, 3.05) is 24.8 Å². The lowest BCUT2D eigenvalue weighted by molar-refractivity contribution is -0.113. The van der Waals surface area contributed by atoms with Crippen LogP contribution in [0.15, 0.2) is 52.1 Å². The summed E-state index contributed by atoms with van der Waals surface area (Å²) < 4.78 is 8.17. The first-order valence-corrected chi connectivity index (χ1v) is 11.0. The first-order valence-electron chi connectivity index (χ1n) is 8.85. The Hall–Kier alpha value is -1.87. The van der Waals surface area contributed by atoms with E-state index in [9.17, 15) is 4.79 Å². The molecule has 2 aromatic carbocycles. The number of methoxy groups -OCH3 is 1. The number of benzene rings is 2. The third-order valence-corrected chi connectivity index (χ3v) is 6.22. The Morgan fingerprint density at radius 2 is 2.00 bits per heavy atom. The van der Waals surface area contributed by atoms with Crippen molar-refractivity contribution in [2.45, 2.75) is 18.6 Å². The second-order valence-corrected chi connectivity index (χ2v) is 8.49. The maximum atomic E-state index is 12.4. The number of carbonyl (C=O) groups excluding carboxylic acids is 1. The van der Waals surface area contributed by atoms with E-state index in [1.807, 2.05) is 54.0 Å². The summed E-state index contributed by atoms with van der Waals surface area (Å²) in [4.78, 5) is 12.4. The average molecular weight is 496 g/mol. The molecule has 0 radical (unpaired) electrons. The first kappa shape index (κ1) is 21.8. The maximum absolute atomic E-state index is 12.4. The Balaban J connectivity index is 1.71. The standard InChI is InChI=1S/C20H20BrClN4O2S/c1-13-11-16(7-8-17(13)21)23-18(27)12-29-20-25-24-19(26(20)9-10-28-2)14-3-5-15(22)6-4-14/h3-8,11H,9-10,12H2,1-2H3,(H,23,27). The molecule has 0 saturated carbocycles. The summed E-state index contributed by atoms with van der Waals surface area (Å²) in [6.45, 7) is 3.07. The Bertz CT molecular complexity index is 995. The minimum atomic E-state index is -0.106. The molecule has 1 amide bonds. The summed E-state index contributed by atoms with van der Waals surface area (Å²) >= 11 is 10.8. The number of rotatable bonds is 8. The van der Waals surface area contributed by atoms with Crippen LogP contribution < -0.4 is 5.32 Å². The van der Waals surface area contributed by atoms with Gasteiger partial charge in [0.1, 0.15) is 0 Å². The quantitative estimate of drug-likeness (QED) is 0.443. The van der Waals surface area contributed by atoms with Crippen molar-refractivity contribution in [1.82, 2.24) is 14.8 Å². The second-order valence-electron chi connectivity index (χ2n) is 6.26. The number of hydrogen-bond acceptors (Lipinski definition) is 5. The van der Waals surface area contributed by atoms with E-state index >= 15 is 0 Å². The summed E-state index contributed by atoms with van der Waals surface area (Å²) in [5, 5.41) is 12.8. The van der Waals surface area contributed by atoms with Crippen LogP contribution in [0.4, 0.5) is 5.69 Å². The normalized spacial score (nSPS) is 10.9. The summed E-state index contributed by atoms with van der Waals surface area (Å²) in [6.07, 6.45) is 0. The highest BCUT2D eigenvalue weighted by Crippen LogP contribution is 2.26. The number of thioether (sulfide) groups is 1. The zero-order valence-electron chi connectivity index (χ0n) is 16.0. The molecule has 3 aromatic rings. The fourth-order valence-corrected chi connectivity index (χ4v) is 3.78. The Morgan fingerprint density at radius 1 is 1.24 bits per heavy atom. The molecule has 0 saturated heterocycles. The van der Waals surface area contributed by atoms with Crippen LogP contribution in [-0.2, 0) is 16.1 Å². The van der Waals surface area contributed by atoms with E-state index in [0.717, 1.165) is 21.3 Å². The molecular formula is C20H20BrClN4O2S. The van der Waals surface area contributed by atoms with Crippen molar-refractivity contribution in [3.05, 3.63) is 57.5 Å². The minimum absolute atomic E-state index is 0.106. The molecule has 1 heterocycles. The molecule has 0 aliphatic heterocycles. The van der Waals surface area contributed by atoms with Crippen LogP contribution in [0, 0.1) is 6.92 Å². The van der Waals surface area contributed by atoms with Gasteiger partial charge in [-0.3, -0.25) is 9.36 Å². The van der Waals surface area contributed by atoms with E-state index in [4.69, 9.17) is 16.3 Å². The van der Waals surface area contributed by atoms with Crippen LogP contribution in [0.1, 0.15) is 5.56 Å². The highest BCUT2D eigenvalue weighted by Gasteiger charge is 2.16. The molecule has 0 spiro atoms. The van der Waals surface area contributed by atoms with Crippen LogP contribution in [0.2, 0.25) is 5.02 Å². The predicted octanol–water partition coefficient (Wildman–Crippen LogP) is 5.05. The molecule has 1 aromatic heterocycles. The monoisotopic (exact) mass is 494 g/mol. The largest absolute Gasteiger partial charge is 0.383 e. The molecule has 0 aliphatic rings. The molecule has 152 valence electrons. The van der Waals surface area contributed by atoms with Gasteiger partial charge < -0.3 is 10.1 Å². The van der Waals surface area contributed by atoms with Crippen molar-refractivity contribution < 1.29 is 9.53 Å². The third kappa shape index (κ3) is 5.82. The average Bonchev–Trinajstić information content (AvgIpc) is 3.11. The van der Waals surface area contributed by atoms with Gasteiger partial charge in [-0.1, -0.05) is 39.3 Å². The zero-order valence-corrected chi connectivity index (χ0v) is 19.1. The lowest BCUT2D eigenvalue weighted by Crippen LogP contribution is -2.15. The minimum Gasteiger partial charge on any atom is -0.383 e. The number of carbonyl (C=O) groups is 1. The van der Waals surface area contributed by atoms with Gasteiger partial charge in [0, 0.05) is 27.9 Å². The summed E-state index contributed by atoms with van der Waals surface area (Å²) in [7, 11) is 1.65. The van der Waals surface area contributed by atoms with E-state index in [1.165, 1.54) is 11.8 Å². The lowest BCUT2D eigenvalue weighted by atomic mass is 10.2. The summed E-state index contributed by atoms with van der Waals surface area (Å²) in [6, 6.07) is 13.1. The van der Waals surface area contributed by atoms with Crippen LogP contribution in [0.3, 0.4) is 0 Å². The van der Waals surface area contributed by atoms with Crippen molar-refractivity contribution >= 4 is 50.9 Å². The molecule has 29 heavy (non-hydrogen) atoms. The van der Waals surface area contributed by atoms with Crippen molar-refractivity contribution in [3.8, 4) is 11.4 Å². The number of amides is 1. The molecule has 0 fully saturated rings. The number of hydrogen-bond donors (Lipinski definition) is 1. The number of ether oxygens (including phenoxy) is 1. The molecule has 9 heteroatoms. The molecule has 0 bridgehead atoms. The smallest absolute Gasteiger partial charge is 0.234 e. The summed E-state index contributed by atoms with van der Waals surface area (Å²) in [5.41, 5.74) is 2.72. The number of halogens is 2. The first-order chi connectivity index (χ1) is 14.0. The van der Waals surface area contributed by atoms with Gasteiger partial charge in [0.15, 0.2) is 11.0 Å². The van der Waals surface area contributed by atoms with Crippen LogP contribution in [-0.4, -0.2) is 40.1 Å². The van der Waals surface area contributed by atoms with Crippen molar-refractivity contribution in [3.63, 3.8) is 0 Å². The Labute approximate surface area is 187 Å². The lowest BCUT2D eigenvalue weighted by Gasteiger charge is -2.10. The number of aryl methyl sites for hydroxylation is 1. The Morgan fingerprint density at radius 3 is 2.69 bits per heavy atom. The maximum Gasteiger partial charge on any atom is 0.234 e. The van der Waals surface area contributed by atoms with Crippen LogP contribution >= 0.6 is 39.3 Å². The SMILES string of the molecule is COCCn1c(SCC(=O)Nc2ccc(Br)c(C)c2)nnc1-c1ccc(Cl)cc1. The van der Waals surface area contributed by atoms with Gasteiger partial charge in [-0.2, -0.15) is 0 Å². The van der Waals surface area contributed by atoms with Gasteiger partial charge in [-0.15, -0.1) is 10.2 Å². The van der Waals surface area contributed by atoms with E-state index < -0.39 is 0 Å². The van der Waals surface area contributed by atoms with Crippen LogP contribution in [0.25, 0.3) is 11.4 Å². The van der Waals surface area contributed by atoms with Gasteiger partial charge in [0.2, 0.25) is 5.91 Å². The third-order valence-electron chi connectivity index (χ3n) is 4.11. The predicted molar refractivity (Wildman–Crippen MR) is 121 cm³/mol. The van der Waals surface area contributed by atoms with E-state index in [-0.39, 0.29) is 11.7 Å². The number of aromatic nitrogens is 3. The number of nitrogens with one attached hydrogen (secondary N) is 1. The van der Waals surface area contributed by atoms with Gasteiger partial charge >= 0.3 is 0 Å². The molecular weight excluding hydrogens is 476 g/mol. The molecule has 0 atom stereocenters. The van der Waals surface area contributed by atoms with Crippen LogP contribution in [0.5, 0.6) is 0 Å². The van der Waals surface area contributed by atoms with Gasteiger partial charge in [0.05, 0.1) is 18.9 Å². The molecule has 1 N–H and O–H groups in total. The fourth-order valence-electron chi connectivity index (χ4n) is 2.64. The summed E-state index contributed by atoms with van der Waals surface area (Å²) in [5.74, 6) is 0.831. The molecule has 0 unspecified atom stereocenters. The van der Waals surface area contributed by atoms with E-state index in [1.54, 1.807) is 7.11 Å². The highest BCUT2D eigenvalue weighted by molar-refractivity contribution is 9.10. The van der Waals surface area contributed by atoms with E-state index in [2.05, 4.69) is 31.4 Å². The van der Waals surface area contributed by atoms with Crippen molar-refractivity contribution in [1.29, 1.82) is 0 Å². The van der Waals surface area contributed by atoms with Gasteiger partial charge in [-0.25, -0.2) is 0 Å². The van der Waals surface area contributed by atoms with Gasteiger partial charge in [0.25, 0.3) is 0 Å². The molecule has 0 aliphatic carbocycles. The van der Waals surface area contributed by atoms with E-state index in [0.29, 0.717) is 29.2 Å². The number of anilines is 1. The molecule has 3 rings (SSSR count). The highest BCUT2D eigenvalue weighted by atomic mass is 79.9. The zero-order chi connectivity index (χ0) is 20.8. The molecule has 6 nitrogen and oxygen atoms in total.